The van der Waals surface area contributed by atoms with Gasteiger partial charge < -0.3 is 0 Å². The molecule has 0 saturated carbocycles. The number of allylic oxidation sites excluding steroid dienone is 1. The Morgan fingerprint density at radius 3 is 2.39 bits per heavy atom. The van der Waals surface area contributed by atoms with Crippen LogP contribution in [0, 0.1) is 17.1 Å². The molecular formula is C15H9ClFN. The Morgan fingerprint density at radius 2 is 1.78 bits per heavy atom. The van der Waals surface area contributed by atoms with Crippen molar-refractivity contribution in [1.82, 2.24) is 0 Å². The summed E-state index contributed by atoms with van der Waals surface area (Å²) in [5.74, 6) is -0.325. The smallest absolute Gasteiger partial charge is 0.123 e. The first kappa shape index (κ1) is 12.3. The van der Waals surface area contributed by atoms with Crippen molar-refractivity contribution >= 4 is 23.3 Å². The second-order valence-electron chi connectivity index (χ2n) is 3.70. The molecule has 0 atom stereocenters. The van der Waals surface area contributed by atoms with Crippen LogP contribution in [0.5, 0.6) is 0 Å². The summed E-state index contributed by atoms with van der Waals surface area (Å²) in [7, 11) is 0. The van der Waals surface area contributed by atoms with E-state index in [1.807, 2.05) is 18.2 Å². The van der Waals surface area contributed by atoms with Crippen molar-refractivity contribution in [2.45, 2.75) is 0 Å². The number of hydrogen-bond acceptors (Lipinski definition) is 1. The molecule has 1 nitrogen and oxygen atoms in total. The fourth-order valence-electron chi connectivity index (χ4n) is 1.56. The highest BCUT2D eigenvalue weighted by atomic mass is 35.5. The van der Waals surface area contributed by atoms with Gasteiger partial charge in [0.05, 0.1) is 11.6 Å². The van der Waals surface area contributed by atoms with Crippen LogP contribution in [0.4, 0.5) is 4.39 Å². The molecule has 0 unspecified atom stereocenters. The van der Waals surface area contributed by atoms with Crippen LogP contribution in [-0.4, -0.2) is 0 Å². The first-order valence-electron chi connectivity index (χ1n) is 5.33. The first-order chi connectivity index (χ1) is 8.70. The molecule has 2 aromatic rings. The predicted octanol–water partition coefficient (Wildman–Crippen LogP) is 4.54. The van der Waals surface area contributed by atoms with E-state index in [9.17, 15) is 4.39 Å². The highest BCUT2D eigenvalue weighted by Gasteiger charge is 2.03. The van der Waals surface area contributed by atoms with Gasteiger partial charge in [-0.15, -0.1) is 0 Å². The Labute approximate surface area is 110 Å². The molecule has 88 valence electrons. The Balaban J connectivity index is 2.44. The maximum absolute atomic E-state index is 12.8. The van der Waals surface area contributed by atoms with Crippen LogP contribution < -0.4 is 0 Å². The molecule has 0 fully saturated rings. The van der Waals surface area contributed by atoms with Gasteiger partial charge in [-0.1, -0.05) is 41.9 Å². The normalized spacial score (nSPS) is 11.1. The van der Waals surface area contributed by atoms with Crippen LogP contribution in [0.15, 0.2) is 48.5 Å². The molecule has 0 amide bonds. The summed E-state index contributed by atoms with van der Waals surface area (Å²) in [5, 5.41) is 9.72. The highest BCUT2D eigenvalue weighted by Crippen LogP contribution is 2.22. The molecule has 0 N–H and O–H groups in total. The van der Waals surface area contributed by atoms with E-state index in [2.05, 4.69) is 6.07 Å². The van der Waals surface area contributed by atoms with E-state index in [0.29, 0.717) is 16.2 Å². The summed E-state index contributed by atoms with van der Waals surface area (Å²) in [5.41, 5.74) is 1.88. The van der Waals surface area contributed by atoms with E-state index in [0.717, 1.165) is 5.56 Å². The lowest BCUT2D eigenvalue weighted by Gasteiger charge is -2.01. The molecule has 0 aliphatic carbocycles. The summed E-state index contributed by atoms with van der Waals surface area (Å²) in [6.07, 6.45) is 1.69. The van der Waals surface area contributed by atoms with E-state index in [1.54, 1.807) is 24.3 Å². The lowest BCUT2D eigenvalue weighted by atomic mass is 10.0. The standard InChI is InChI=1S/C15H9ClFN/c16-15-4-2-1-3-12(15)9-13(10-18)11-5-7-14(17)8-6-11/h1-9H. The molecule has 3 heteroatoms. The van der Waals surface area contributed by atoms with E-state index >= 15 is 0 Å². The molecule has 0 bridgehead atoms. The molecule has 0 saturated heterocycles. The van der Waals surface area contributed by atoms with Gasteiger partial charge in [-0.3, -0.25) is 0 Å². The third-order valence-corrected chi connectivity index (χ3v) is 2.82. The third-order valence-electron chi connectivity index (χ3n) is 2.48. The minimum absolute atomic E-state index is 0.325. The van der Waals surface area contributed by atoms with Gasteiger partial charge in [0.1, 0.15) is 5.82 Å². The SMILES string of the molecule is N#CC(=Cc1ccccc1Cl)c1ccc(F)cc1. The van der Waals surface area contributed by atoms with Crippen LogP contribution in [0.3, 0.4) is 0 Å². The van der Waals surface area contributed by atoms with Crippen molar-refractivity contribution in [3.05, 3.63) is 70.5 Å². The quantitative estimate of drug-likeness (QED) is 0.572. The largest absolute Gasteiger partial charge is 0.207 e. The molecule has 0 spiro atoms. The van der Waals surface area contributed by atoms with Crippen LogP contribution >= 0.6 is 11.6 Å². The average molecular weight is 258 g/mol. The minimum atomic E-state index is -0.325. The minimum Gasteiger partial charge on any atom is -0.207 e. The molecule has 2 rings (SSSR count). The van der Waals surface area contributed by atoms with Gasteiger partial charge in [-0.2, -0.15) is 5.26 Å². The van der Waals surface area contributed by atoms with Crippen LogP contribution in [-0.2, 0) is 0 Å². The van der Waals surface area contributed by atoms with Crippen molar-refractivity contribution in [2.24, 2.45) is 0 Å². The zero-order chi connectivity index (χ0) is 13.0. The van der Waals surface area contributed by atoms with E-state index < -0.39 is 0 Å². The monoisotopic (exact) mass is 257 g/mol. The molecule has 0 aromatic heterocycles. The average Bonchev–Trinajstić information content (AvgIpc) is 2.39. The molecule has 18 heavy (non-hydrogen) atoms. The number of hydrogen-bond donors (Lipinski definition) is 0. The molecule has 2 aromatic carbocycles. The van der Waals surface area contributed by atoms with Crippen LogP contribution in [0.1, 0.15) is 11.1 Å². The van der Waals surface area contributed by atoms with Crippen molar-refractivity contribution in [3.63, 3.8) is 0 Å². The van der Waals surface area contributed by atoms with E-state index in [1.165, 1.54) is 12.1 Å². The molecular weight excluding hydrogens is 249 g/mol. The summed E-state index contributed by atoms with van der Waals surface area (Å²) in [4.78, 5) is 0. The van der Waals surface area contributed by atoms with Gasteiger partial charge in [0.15, 0.2) is 0 Å². The summed E-state index contributed by atoms with van der Waals surface area (Å²) < 4.78 is 12.8. The lowest BCUT2D eigenvalue weighted by molar-refractivity contribution is 0.627. The Hall–Kier alpha value is -2.11. The Bertz CT molecular complexity index is 624. The number of benzene rings is 2. The number of nitrogens with zero attached hydrogens (tertiary/aromatic N) is 1. The first-order valence-corrected chi connectivity index (χ1v) is 5.71. The second kappa shape index (κ2) is 5.48. The third kappa shape index (κ3) is 2.77. The van der Waals surface area contributed by atoms with E-state index in [4.69, 9.17) is 16.9 Å². The lowest BCUT2D eigenvalue weighted by Crippen LogP contribution is -1.83. The molecule has 0 aliphatic heterocycles. The highest BCUT2D eigenvalue weighted by molar-refractivity contribution is 6.32. The van der Waals surface area contributed by atoms with Crippen LogP contribution in [0.25, 0.3) is 11.6 Å². The Kier molecular flexibility index (Phi) is 3.76. The second-order valence-corrected chi connectivity index (χ2v) is 4.11. The van der Waals surface area contributed by atoms with Crippen LogP contribution in [0.2, 0.25) is 5.02 Å². The van der Waals surface area contributed by atoms with Gasteiger partial charge in [0, 0.05) is 5.02 Å². The maximum atomic E-state index is 12.8. The van der Waals surface area contributed by atoms with Gasteiger partial charge in [0.25, 0.3) is 0 Å². The van der Waals surface area contributed by atoms with Crippen molar-refractivity contribution in [2.75, 3.05) is 0 Å². The fraction of sp³-hybridized carbons (Fsp3) is 0. The fourth-order valence-corrected chi connectivity index (χ4v) is 1.75. The number of halogens is 2. The summed E-state index contributed by atoms with van der Waals surface area (Å²) in [6.45, 7) is 0. The summed E-state index contributed by atoms with van der Waals surface area (Å²) >= 11 is 6.02. The summed E-state index contributed by atoms with van der Waals surface area (Å²) in [6, 6.07) is 15.1. The molecule has 0 radical (unpaired) electrons. The van der Waals surface area contributed by atoms with Crippen molar-refractivity contribution < 1.29 is 4.39 Å². The van der Waals surface area contributed by atoms with Crippen molar-refractivity contribution in [1.29, 1.82) is 5.26 Å². The zero-order valence-corrected chi connectivity index (χ0v) is 10.2. The van der Waals surface area contributed by atoms with E-state index in [-0.39, 0.29) is 5.82 Å². The maximum Gasteiger partial charge on any atom is 0.123 e. The molecule has 0 heterocycles. The zero-order valence-electron chi connectivity index (χ0n) is 9.40. The predicted molar refractivity (Wildman–Crippen MR) is 71.3 cm³/mol. The van der Waals surface area contributed by atoms with Gasteiger partial charge in [0.2, 0.25) is 0 Å². The Morgan fingerprint density at radius 1 is 1.11 bits per heavy atom. The van der Waals surface area contributed by atoms with Gasteiger partial charge in [-0.05, 0) is 35.4 Å². The number of rotatable bonds is 2. The van der Waals surface area contributed by atoms with Gasteiger partial charge in [-0.25, -0.2) is 4.39 Å². The van der Waals surface area contributed by atoms with Gasteiger partial charge >= 0.3 is 0 Å². The topological polar surface area (TPSA) is 23.8 Å². The van der Waals surface area contributed by atoms with Crippen molar-refractivity contribution in [3.8, 4) is 6.07 Å². The molecule has 0 aliphatic rings. The number of nitriles is 1.